The first kappa shape index (κ1) is 26.0. The average molecular weight is 500 g/mol. The highest BCUT2D eigenvalue weighted by molar-refractivity contribution is 5.99. The van der Waals surface area contributed by atoms with Crippen molar-refractivity contribution in [3.63, 3.8) is 0 Å². The van der Waals surface area contributed by atoms with Crippen LogP contribution in [0.5, 0.6) is 5.75 Å². The van der Waals surface area contributed by atoms with Gasteiger partial charge in [-0.05, 0) is 112 Å². The van der Waals surface area contributed by atoms with Crippen molar-refractivity contribution in [2.75, 3.05) is 31.6 Å². The number of anilines is 1. The number of ether oxygens (including phenoxy) is 1. The Bertz CT molecular complexity index is 1290. The fraction of sp³-hybridized carbons (Fsp3) is 0.310. The Labute approximate surface area is 217 Å². The summed E-state index contributed by atoms with van der Waals surface area (Å²) in [5.74, 6) is 0.956. The average Bonchev–Trinajstić information content (AvgIpc) is 3.39. The number of aliphatic imine (C=N–C) groups is 2. The molecule has 1 N–H and O–H groups in total. The first-order valence-electron chi connectivity index (χ1n) is 12.5. The Morgan fingerprint density at radius 1 is 1.05 bits per heavy atom. The van der Waals surface area contributed by atoms with Crippen molar-refractivity contribution < 1.29 is 9.66 Å². The zero-order valence-electron chi connectivity index (χ0n) is 21.7. The standard InChI is InChI=1S/C29H33N5O3/c1-20-8-7-9-21(2)27(20)23-18-22(3)28(26(19-23)34(35)36)32-29(30-4)31-24-10-12-25(13-11-24)37-17-16-33-14-5-6-15-33/h7-13,18-19H,4-6,14-17H2,1-3H3,(H,31,32). The van der Waals surface area contributed by atoms with Crippen molar-refractivity contribution in [2.24, 2.45) is 9.98 Å². The van der Waals surface area contributed by atoms with Gasteiger partial charge in [-0.3, -0.25) is 15.0 Å². The van der Waals surface area contributed by atoms with Crippen LogP contribution in [-0.2, 0) is 0 Å². The summed E-state index contributed by atoms with van der Waals surface area (Å²) in [5, 5.41) is 15.1. The fourth-order valence-corrected chi connectivity index (χ4v) is 4.73. The molecule has 0 bridgehead atoms. The van der Waals surface area contributed by atoms with Crippen LogP contribution in [0.25, 0.3) is 11.1 Å². The summed E-state index contributed by atoms with van der Waals surface area (Å²) in [5.41, 5.74) is 5.47. The summed E-state index contributed by atoms with van der Waals surface area (Å²) in [6.07, 6.45) is 2.53. The predicted octanol–water partition coefficient (Wildman–Crippen LogP) is 6.46. The highest BCUT2D eigenvalue weighted by Gasteiger charge is 2.20. The van der Waals surface area contributed by atoms with Crippen molar-refractivity contribution in [3.8, 4) is 16.9 Å². The summed E-state index contributed by atoms with van der Waals surface area (Å²) in [6, 6.07) is 17.0. The van der Waals surface area contributed by atoms with Crippen LogP contribution in [-0.4, -0.2) is 48.7 Å². The van der Waals surface area contributed by atoms with Gasteiger partial charge in [-0.1, -0.05) is 18.2 Å². The zero-order valence-corrected chi connectivity index (χ0v) is 21.7. The topological polar surface area (TPSA) is 92.4 Å². The van der Waals surface area contributed by atoms with E-state index in [0.29, 0.717) is 12.2 Å². The van der Waals surface area contributed by atoms with Gasteiger partial charge in [-0.15, -0.1) is 0 Å². The Hall–Kier alpha value is -4.04. The molecular weight excluding hydrogens is 466 g/mol. The van der Waals surface area contributed by atoms with E-state index in [2.05, 4.69) is 26.9 Å². The fourth-order valence-electron chi connectivity index (χ4n) is 4.73. The van der Waals surface area contributed by atoms with Gasteiger partial charge < -0.3 is 10.1 Å². The Morgan fingerprint density at radius 3 is 2.35 bits per heavy atom. The molecule has 0 unspecified atom stereocenters. The number of benzene rings is 3. The third kappa shape index (κ3) is 6.40. The number of nitrogens with one attached hydrogen (secondary N) is 1. The molecule has 3 aromatic rings. The van der Waals surface area contributed by atoms with Gasteiger partial charge in [0.05, 0.1) is 4.92 Å². The lowest BCUT2D eigenvalue weighted by Gasteiger charge is -2.15. The quantitative estimate of drug-likeness (QED) is 0.166. The van der Waals surface area contributed by atoms with Crippen LogP contribution in [0.3, 0.4) is 0 Å². The van der Waals surface area contributed by atoms with Gasteiger partial charge in [-0.25, -0.2) is 9.98 Å². The summed E-state index contributed by atoms with van der Waals surface area (Å²) < 4.78 is 5.86. The second-order valence-electron chi connectivity index (χ2n) is 9.32. The van der Waals surface area contributed by atoms with Gasteiger partial charge in [0.2, 0.25) is 5.96 Å². The second kappa shape index (κ2) is 11.8. The highest BCUT2D eigenvalue weighted by atomic mass is 16.6. The molecule has 0 radical (unpaired) electrons. The van der Waals surface area contributed by atoms with Gasteiger partial charge >= 0.3 is 0 Å². The minimum atomic E-state index is -0.405. The van der Waals surface area contributed by atoms with Crippen LogP contribution in [0.15, 0.2) is 64.6 Å². The summed E-state index contributed by atoms with van der Waals surface area (Å²) >= 11 is 0. The number of aryl methyl sites for hydroxylation is 3. The van der Waals surface area contributed by atoms with Crippen LogP contribution in [0, 0.1) is 30.9 Å². The lowest BCUT2D eigenvalue weighted by molar-refractivity contribution is -0.384. The van der Waals surface area contributed by atoms with Crippen LogP contribution in [0.1, 0.15) is 29.5 Å². The maximum absolute atomic E-state index is 12.0. The van der Waals surface area contributed by atoms with E-state index in [1.165, 1.54) is 12.8 Å². The molecule has 0 atom stereocenters. The molecule has 1 aliphatic heterocycles. The normalized spacial score (nSPS) is 14.0. The molecule has 0 spiro atoms. The van der Waals surface area contributed by atoms with E-state index in [4.69, 9.17) is 4.74 Å². The molecule has 0 saturated carbocycles. The molecule has 0 aliphatic carbocycles. The molecule has 3 aromatic carbocycles. The molecule has 192 valence electrons. The Kier molecular flexibility index (Phi) is 8.30. The summed E-state index contributed by atoms with van der Waals surface area (Å²) in [6.45, 7) is 13.3. The Morgan fingerprint density at radius 2 is 1.73 bits per heavy atom. The number of rotatable bonds is 8. The molecule has 1 saturated heterocycles. The summed E-state index contributed by atoms with van der Waals surface area (Å²) in [4.78, 5) is 22.5. The monoisotopic (exact) mass is 499 g/mol. The molecule has 8 heteroatoms. The van der Waals surface area contributed by atoms with Gasteiger partial charge in [0, 0.05) is 18.3 Å². The third-order valence-corrected chi connectivity index (χ3v) is 6.60. The van der Waals surface area contributed by atoms with E-state index in [1.807, 2.05) is 69.3 Å². The van der Waals surface area contributed by atoms with Crippen LogP contribution in [0.2, 0.25) is 0 Å². The van der Waals surface area contributed by atoms with E-state index < -0.39 is 4.92 Å². The van der Waals surface area contributed by atoms with Crippen molar-refractivity contribution in [3.05, 3.63) is 81.4 Å². The molecule has 1 fully saturated rings. The maximum atomic E-state index is 12.0. The molecular formula is C29H33N5O3. The van der Waals surface area contributed by atoms with E-state index in [-0.39, 0.29) is 17.3 Å². The first-order chi connectivity index (χ1) is 17.9. The zero-order chi connectivity index (χ0) is 26.4. The van der Waals surface area contributed by atoms with Gasteiger partial charge in [-0.2, -0.15) is 0 Å². The number of nitro groups is 1. The van der Waals surface area contributed by atoms with E-state index in [0.717, 1.165) is 53.3 Å². The molecule has 8 nitrogen and oxygen atoms in total. The number of hydrogen-bond acceptors (Lipinski definition) is 5. The van der Waals surface area contributed by atoms with E-state index >= 15 is 0 Å². The minimum Gasteiger partial charge on any atom is -0.492 e. The molecule has 1 aliphatic rings. The lowest BCUT2D eigenvalue weighted by Crippen LogP contribution is -2.25. The molecule has 0 aromatic heterocycles. The molecule has 1 heterocycles. The number of nitro benzene ring substituents is 1. The van der Waals surface area contributed by atoms with Crippen molar-refractivity contribution >= 4 is 29.7 Å². The van der Waals surface area contributed by atoms with Crippen LogP contribution < -0.4 is 10.1 Å². The number of nitrogens with zero attached hydrogens (tertiary/aromatic N) is 4. The molecule has 0 amide bonds. The SMILES string of the molecule is C=NC(=Nc1c(C)cc(-c2c(C)cccc2C)cc1[N+](=O)[O-])Nc1ccc(OCCN2CCCC2)cc1. The molecule has 4 rings (SSSR count). The second-order valence-corrected chi connectivity index (χ2v) is 9.32. The van der Waals surface area contributed by atoms with E-state index in [1.54, 1.807) is 6.07 Å². The van der Waals surface area contributed by atoms with Crippen LogP contribution >= 0.6 is 0 Å². The van der Waals surface area contributed by atoms with Gasteiger partial charge in [0.1, 0.15) is 18.0 Å². The minimum absolute atomic E-state index is 0.0812. The first-order valence-corrected chi connectivity index (χ1v) is 12.5. The maximum Gasteiger partial charge on any atom is 0.295 e. The highest BCUT2D eigenvalue weighted by Crippen LogP contribution is 2.38. The van der Waals surface area contributed by atoms with E-state index in [9.17, 15) is 10.1 Å². The van der Waals surface area contributed by atoms with Crippen molar-refractivity contribution in [2.45, 2.75) is 33.6 Å². The van der Waals surface area contributed by atoms with Crippen LogP contribution in [0.4, 0.5) is 17.1 Å². The largest absolute Gasteiger partial charge is 0.492 e. The number of hydrogen-bond donors (Lipinski definition) is 1. The lowest BCUT2D eigenvalue weighted by atomic mass is 9.94. The Balaban J connectivity index is 1.53. The van der Waals surface area contributed by atoms with Crippen molar-refractivity contribution in [1.29, 1.82) is 0 Å². The molecule has 37 heavy (non-hydrogen) atoms. The number of likely N-dealkylation sites (tertiary alicyclic amines) is 1. The van der Waals surface area contributed by atoms with Crippen molar-refractivity contribution in [1.82, 2.24) is 4.90 Å². The predicted molar refractivity (Wildman–Crippen MR) is 151 cm³/mol. The van der Waals surface area contributed by atoms with Gasteiger partial charge in [0.15, 0.2) is 0 Å². The number of guanidine groups is 1. The summed E-state index contributed by atoms with van der Waals surface area (Å²) in [7, 11) is 0. The third-order valence-electron chi connectivity index (χ3n) is 6.60. The smallest absolute Gasteiger partial charge is 0.295 e. The van der Waals surface area contributed by atoms with Gasteiger partial charge in [0.25, 0.3) is 5.69 Å².